The smallest absolute Gasteiger partial charge is 0.193 e. The van der Waals surface area contributed by atoms with Crippen molar-refractivity contribution in [2.24, 2.45) is 10.7 Å². The van der Waals surface area contributed by atoms with E-state index in [-0.39, 0.29) is 0 Å². The second-order valence-corrected chi connectivity index (χ2v) is 6.57. The van der Waals surface area contributed by atoms with Crippen LogP contribution in [0.15, 0.2) is 28.6 Å². The molecule has 2 aromatic rings. The van der Waals surface area contributed by atoms with Crippen molar-refractivity contribution in [2.75, 3.05) is 18.5 Å². The number of nitrogens with two attached hydrogens (primary N) is 1. The number of thiazole rings is 1. The van der Waals surface area contributed by atoms with Gasteiger partial charge in [0.2, 0.25) is 0 Å². The molecule has 0 saturated heterocycles. The van der Waals surface area contributed by atoms with E-state index in [4.69, 9.17) is 15.2 Å². The summed E-state index contributed by atoms with van der Waals surface area (Å²) in [5.41, 5.74) is 7.68. The van der Waals surface area contributed by atoms with Gasteiger partial charge in [-0.1, -0.05) is 13.8 Å². The van der Waals surface area contributed by atoms with Crippen LogP contribution in [0.4, 0.5) is 5.69 Å². The Balaban J connectivity index is 2.08. The van der Waals surface area contributed by atoms with Gasteiger partial charge in [-0.05, 0) is 26.0 Å². The molecule has 2 rings (SSSR count). The summed E-state index contributed by atoms with van der Waals surface area (Å²) in [5, 5.41) is 6.22. The van der Waals surface area contributed by atoms with Crippen LogP contribution in [-0.4, -0.2) is 24.2 Å². The first kappa shape index (κ1) is 19.1. The third-order valence-electron chi connectivity index (χ3n) is 3.30. The van der Waals surface area contributed by atoms with Crippen molar-refractivity contribution in [1.82, 2.24) is 4.98 Å². The average Bonchev–Trinajstić information content (AvgIpc) is 3.05. The minimum atomic E-state index is 0.314. The van der Waals surface area contributed by atoms with E-state index in [2.05, 4.69) is 29.1 Å². The molecule has 3 N–H and O–H groups in total. The van der Waals surface area contributed by atoms with Crippen LogP contribution in [-0.2, 0) is 6.54 Å². The lowest BCUT2D eigenvalue weighted by Gasteiger charge is -2.13. The number of aromatic nitrogens is 1. The van der Waals surface area contributed by atoms with Crippen LogP contribution >= 0.6 is 11.3 Å². The number of anilines is 1. The SMILES string of the molecule is CCOc1ccc(OCC)c(NC(N)=NCc2csc(C(C)C)n2)c1. The van der Waals surface area contributed by atoms with Gasteiger partial charge in [-0.3, -0.25) is 0 Å². The van der Waals surface area contributed by atoms with Crippen LogP contribution < -0.4 is 20.5 Å². The fourth-order valence-corrected chi connectivity index (χ4v) is 2.97. The van der Waals surface area contributed by atoms with Gasteiger partial charge in [-0.25, -0.2) is 9.98 Å². The molecular weight excluding hydrogens is 336 g/mol. The van der Waals surface area contributed by atoms with Crippen LogP contribution in [0.25, 0.3) is 0 Å². The molecule has 0 aliphatic heterocycles. The Morgan fingerprint density at radius 3 is 2.68 bits per heavy atom. The summed E-state index contributed by atoms with van der Waals surface area (Å²) in [5.74, 6) is 2.20. The molecule has 1 aromatic carbocycles. The van der Waals surface area contributed by atoms with Gasteiger partial charge in [0, 0.05) is 17.4 Å². The second-order valence-electron chi connectivity index (χ2n) is 5.68. The van der Waals surface area contributed by atoms with Crippen molar-refractivity contribution in [3.63, 3.8) is 0 Å². The molecule has 0 unspecified atom stereocenters. The summed E-state index contributed by atoms with van der Waals surface area (Å²) in [6.07, 6.45) is 0. The molecule has 0 fully saturated rings. The molecule has 1 aromatic heterocycles. The number of hydrogen-bond acceptors (Lipinski definition) is 5. The quantitative estimate of drug-likeness (QED) is 0.548. The summed E-state index contributed by atoms with van der Waals surface area (Å²) < 4.78 is 11.2. The van der Waals surface area contributed by atoms with Gasteiger partial charge in [0.15, 0.2) is 5.96 Å². The minimum Gasteiger partial charge on any atom is -0.494 e. The highest BCUT2D eigenvalue weighted by Gasteiger charge is 2.08. The molecular formula is C18H26N4O2S. The number of aliphatic imine (C=N–C) groups is 1. The number of guanidine groups is 1. The van der Waals surface area contributed by atoms with Crippen LogP contribution in [0.3, 0.4) is 0 Å². The molecule has 1 heterocycles. The number of benzene rings is 1. The lowest BCUT2D eigenvalue weighted by molar-refractivity contribution is 0.332. The highest BCUT2D eigenvalue weighted by molar-refractivity contribution is 7.09. The molecule has 0 aliphatic rings. The van der Waals surface area contributed by atoms with E-state index in [1.165, 1.54) is 0 Å². The highest BCUT2D eigenvalue weighted by atomic mass is 32.1. The average molecular weight is 362 g/mol. The number of hydrogen-bond donors (Lipinski definition) is 2. The monoisotopic (exact) mass is 362 g/mol. The van der Waals surface area contributed by atoms with E-state index < -0.39 is 0 Å². The lowest BCUT2D eigenvalue weighted by Crippen LogP contribution is -2.23. The summed E-state index contributed by atoms with van der Waals surface area (Å²) >= 11 is 1.65. The van der Waals surface area contributed by atoms with Gasteiger partial charge >= 0.3 is 0 Å². The minimum absolute atomic E-state index is 0.314. The van der Waals surface area contributed by atoms with E-state index in [9.17, 15) is 0 Å². The second kappa shape index (κ2) is 9.27. The van der Waals surface area contributed by atoms with Gasteiger partial charge in [-0.15, -0.1) is 11.3 Å². The molecule has 0 radical (unpaired) electrons. The van der Waals surface area contributed by atoms with Crippen molar-refractivity contribution in [2.45, 2.75) is 40.2 Å². The summed E-state index contributed by atoms with van der Waals surface area (Å²) in [6, 6.07) is 5.59. The molecule has 0 bridgehead atoms. The zero-order chi connectivity index (χ0) is 18.2. The molecule has 0 amide bonds. The normalized spacial score (nSPS) is 11.6. The van der Waals surface area contributed by atoms with Crippen LogP contribution in [0.2, 0.25) is 0 Å². The van der Waals surface area contributed by atoms with E-state index in [0.29, 0.717) is 37.4 Å². The summed E-state index contributed by atoms with van der Waals surface area (Å²) in [7, 11) is 0. The van der Waals surface area contributed by atoms with E-state index >= 15 is 0 Å². The lowest BCUT2D eigenvalue weighted by atomic mass is 10.2. The molecule has 0 saturated carbocycles. The van der Waals surface area contributed by atoms with Crippen LogP contribution in [0.1, 0.15) is 44.3 Å². The Morgan fingerprint density at radius 2 is 2.04 bits per heavy atom. The zero-order valence-corrected chi connectivity index (χ0v) is 16.0. The van der Waals surface area contributed by atoms with Crippen molar-refractivity contribution in [3.05, 3.63) is 34.3 Å². The van der Waals surface area contributed by atoms with E-state index in [1.807, 2.05) is 37.4 Å². The maximum absolute atomic E-state index is 6.03. The standard InChI is InChI=1S/C18H26N4O2S/c1-5-23-14-7-8-16(24-6-2)15(9-14)22-18(19)20-10-13-11-25-17(21-13)12(3)4/h7-9,11-12H,5-6,10H2,1-4H3,(H3,19,20,22). The Morgan fingerprint density at radius 1 is 1.28 bits per heavy atom. The van der Waals surface area contributed by atoms with Crippen molar-refractivity contribution in [1.29, 1.82) is 0 Å². The maximum Gasteiger partial charge on any atom is 0.193 e. The Hall–Kier alpha value is -2.28. The van der Waals surface area contributed by atoms with Gasteiger partial charge in [0.25, 0.3) is 0 Å². The number of nitrogens with zero attached hydrogens (tertiary/aromatic N) is 2. The van der Waals surface area contributed by atoms with Gasteiger partial charge in [-0.2, -0.15) is 0 Å². The van der Waals surface area contributed by atoms with E-state index in [1.54, 1.807) is 11.3 Å². The third-order valence-corrected chi connectivity index (χ3v) is 4.49. The zero-order valence-electron chi connectivity index (χ0n) is 15.2. The predicted molar refractivity (Wildman–Crippen MR) is 104 cm³/mol. The topological polar surface area (TPSA) is 81.8 Å². The molecule has 6 nitrogen and oxygen atoms in total. The Kier molecular flexibility index (Phi) is 7.06. The van der Waals surface area contributed by atoms with Gasteiger partial charge < -0.3 is 20.5 Å². The first-order chi connectivity index (χ1) is 12.0. The number of nitrogens with one attached hydrogen (secondary N) is 1. The molecule has 0 spiro atoms. The first-order valence-corrected chi connectivity index (χ1v) is 9.32. The fraction of sp³-hybridized carbons (Fsp3) is 0.444. The Bertz CT molecular complexity index is 713. The van der Waals surface area contributed by atoms with E-state index in [0.717, 1.165) is 22.1 Å². The maximum atomic E-state index is 6.03. The molecule has 136 valence electrons. The predicted octanol–water partition coefficient (Wildman–Crippen LogP) is 3.99. The van der Waals surface area contributed by atoms with Gasteiger partial charge in [0.05, 0.1) is 36.1 Å². The molecule has 0 aliphatic carbocycles. The fourth-order valence-electron chi connectivity index (χ4n) is 2.15. The van der Waals surface area contributed by atoms with Crippen molar-refractivity contribution < 1.29 is 9.47 Å². The van der Waals surface area contributed by atoms with Gasteiger partial charge in [0.1, 0.15) is 11.5 Å². The summed E-state index contributed by atoms with van der Waals surface area (Å²) in [6.45, 7) is 9.74. The number of ether oxygens (including phenoxy) is 2. The van der Waals surface area contributed by atoms with Crippen molar-refractivity contribution >= 4 is 23.0 Å². The molecule has 7 heteroatoms. The summed E-state index contributed by atoms with van der Waals surface area (Å²) in [4.78, 5) is 8.93. The largest absolute Gasteiger partial charge is 0.494 e. The highest BCUT2D eigenvalue weighted by Crippen LogP contribution is 2.29. The van der Waals surface area contributed by atoms with Crippen molar-refractivity contribution in [3.8, 4) is 11.5 Å². The third kappa shape index (κ3) is 5.63. The number of rotatable bonds is 8. The van der Waals surface area contributed by atoms with Crippen LogP contribution in [0, 0.1) is 0 Å². The first-order valence-electron chi connectivity index (χ1n) is 8.44. The van der Waals surface area contributed by atoms with Crippen LogP contribution in [0.5, 0.6) is 11.5 Å². The molecule has 25 heavy (non-hydrogen) atoms. The molecule has 0 atom stereocenters. The Labute approximate surface area is 153 Å².